The number of nitrogens with one attached hydrogen (secondary N) is 2. The number of hydrogen-bond acceptors (Lipinski definition) is 4. The Hall–Kier alpha value is -1.10. The Bertz CT molecular complexity index is 285. The van der Waals surface area contributed by atoms with E-state index in [2.05, 4.69) is 10.9 Å². The second-order valence-electron chi connectivity index (χ2n) is 3.27. The highest BCUT2D eigenvalue weighted by Crippen LogP contribution is 2.22. The lowest BCUT2D eigenvalue weighted by molar-refractivity contribution is 0.474. The average Bonchev–Trinajstić information content (AvgIpc) is 2.53. The van der Waals surface area contributed by atoms with Gasteiger partial charge in [-0.05, 0) is 24.1 Å². The summed E-state index contributed by atoms with van der Waals surface area (Å²) in [6.45, 7) is 0. The Morgan fingerprint density at radius 1 is 1.23 bits per heavy atom. The van der Waals surface area contributed by atoms with Crippen LogP contribution >= 0.6 is 0 Å². The molecule has 2 atom stereocenters. The van der Waals surface area contributed by atoms with Gasteiger partial charge in [0.05, 0.1) is 6.17 Å². The Balaban J connectivity index is 2.13. The zero-order chi connectivity index (χ0) is 9.26. The summed E-state index contributed by atoms with van der Waals surface area (Å²) in [6.07, 6.45) is 0.879. The van der Waals surface area contributed by atoms with Gasteiger partial charge in [0.2, 0.25) is 0 Å². The number of benzene rings is 1. The molecule has 70 valence electrons. The Morgan fingerprint density at radius 2 is 1.92 bits per heavy atom. The summed E-state index contributed by atoms with van der Waals surface area (Å²) in [4.78, 5) is 0. The van der Waals surface area contributed by atoms with E-state index in [0.29, 0.717) is 5.75 Å². The smallest absolute Gasteiger partial charge is 0.115 e. The van der Waals surface area contributed by atoms with Gasteiger partial charge >= 0.3 is 0 Å². The molecule has 1 saturated heterocycles. The number of hydrazine groups is 1. The standard InChI is InChI=1S/C9H13N3O/c10-9-5-8(11-12-9)6-1-3-7(13)4-2-6/h1-4,8-9,11-13H,5,10H2. The van der Waals surface area contributed by atoms with E-state index in [1.54, 1.807) is 12.1 Å². The molecule has 2 unspecified atom stereocenters. The number of phenols is 1. The molecular weight excluding hydrogens is 166 g/mol. The molecule has 1 fully saturated rings. The summed E-state index contributed by atoms with van der Waals surface area (Å²) >= 11 is 0. The Kier molecular flexibility index (Phi) is 2.18. The minimum Gasteiger partial charge on any atom is -0.508 e. The summed E-state index contributed by atoms with van der Waals surface area (Å²) in [6, 6.07) is 7.40. The zero-order valence-electron chi connectivity index (χ0n) is 7.20. The number of nitrogens with two attached hydrogens (primary N) is 1. The van der Waals surface area contributed by atoms with Crippen molar-refractivity contribution in [3.8, 4) is 5.75 Å². The van der Waals surface area contributed by atoms with E-state index in [9.17, 15) is 0 Å². The molecule has 0 aromatic heterocycles. The largest absolute Gasteiger partial charge is 0.508 e. The Labute approximate surface area is 76.7 Å². The SMILES string of the molecule is NC1CC(c2ccc(O)cc2)NN1. The van der Waals surface area contributed by atoms with Crippen LogP contribution in [0.5, 0.6) is 5.75 Å². The number of aromatic hydroxyl groups is 1. The van der Waals surface area contributed by atoms with Crippen molar-refractivity contribution in [1.29, 1.82) is 0 Å². The third-order valence-electron chi connectivity index (χ3n) is 2.23. The van der Waals surface area contributed by atoms with Crippen LogP contribution in [-0.2, 0) is 0 Å². The fourth-order valence-corrected chi connectivity index (χ4v) is 1.51. The van der Waals surface area contributed by atoms with E-state index >= 15 is 0 Å². The van der Waals surface area contributed by atoms with Crippen LogP contribution in [0.2, 0.25) is 0 Å². The molecule has 0 bridgehead atoms. The van der Waals surface area contributed by atoms with Gasteiger partial charge in [0, 0.05) is 6.04 Å². The molecule has 13 heavy (non-hydrogen) atoms. The maximum atomic E-state index is 9.09. The van der Waals surface area contributed by atoms with Gasteiger partial charge in [0.1, 0.15) is 5.75 Å². The summed E-state index contributed by atoms with van der Waals surface area (Å²) in [5, 5.41) is 9.09. The van der Waals surface area contributed by atoms with Crippen molar-refractivity contribution >= 4 is 0 Å². The highest BCUT2D eigenvalue weighted by molar-refractivity contribution is 5.28. The topological polar surface area (TPSA) is 70.3 Å². The van der Waals surface area contributed by atoms with Gasteiger partial charge < -0.3 is 10.8 Å². The average molecular weight is 179 g/mol. The first kappa shape index (κ1) is 8.50. The molecule has 1 aliphatic rings. The van der Waals surface area contributed by atoms with Gasteiger partial charge in [0.25, 0.3) is 0 Å². The molecule has 0 aliphatic carbocycles. The van der Waals surface area contributed by atoms with Crippen molar-refractivity contribution in [2.75, 3.05) is 0 Å². The van der Waals surface area contributed by atoms with Gasteiger partial charge in [-0.1, -0.05) is 12.1 Å². The van der Waals surface area contributed by atoms with Crippen molar-refractivity contribution < 1.29 is 5.11 Å². The molecule has 0 saturated carbocycles. The van der Waals surface area contributed by atoms with E-state index in [4.69, 9.17) is 10.8 Å². The molecule has 2 rings (SSSR count). The lowest BCUT2D eigenvalue weighted by atomic mass is 10.0. The van der Waals surface area contributed by atoms with E-state index in [0.717, 1.165) is 12.0 Å². The van der Waals surface area contributed by atoms with Crippen LogP contribution in [0.4, 0.5) is 0 Å². The quantitative estimate of drug-likeness (QED) is 0.497. The molecule has 0 radical (unpaired) electrons. The lowest BCUT2D eigenvalue weighted by Gasteiger charge is -2.08. The summed E-state index contributed by atoms with van der Waals surface area (Å²) < 4.78 is 0. The van der Waals surface area contributed by atoms with E-state index < -0.39 is 0 Å². The number of phenolic OH excluding ortho intramolecular Hbond substituents is 1. The molecular formula is C9H13N3O. The second kappa shape index (κ2) is 3.33. The fourth-order valence-electron chi connectivity index (χ4n) is 1.51. The van der Waals surface area contributed by atoms with Crippen LogP contribution in [0.3, 0.4) is 0 Å². The highest BCUT2D eigenvalue weighted by atomic mass is 16.3. The predicted molar refractivity (Wildman–Crippen MR) is 49.7 cm³/mol. The second-order valence-corrected chi connectivity index (χ2v) is 3.27. The molecule has 0 spiro atoms. The summed E-state index contributed by atoms with van der Waals surface area (Å²) in [5.74, 6) is 0.291. The zero-order valence-corrected chi connectivity index (χ0v) is 7.20. The van der Waals surface area contributed by atoms with E-state index in [1.807, 2.05) is 12.1 Å². The van der Waals surface area contributed by atoms with Crippen LogP contribution in [0.15, 0.2) is 24.3 Å². The lowest BCUT2D eigenvalue weighted by Crippen LogP contribution is -2.36. The first-order chi connectivity index (χ1) is 6.25. The van der Waals surface area contributed by atoms with E-state index in [1.165, 1.54) is 0 Å². The van der Waals surface area contributed by atoms with Crippen LogP contribution in [0.25, 0.3) is 0 Å². The van der Waals surface area contributed by atoms with Crippen molar-refractivity contribution in [2.45, 2.75) is 18.6 Å². The maximum absolute atomic E-state index is 9.09. The summed E-state index contributed by atoms with van der Waals surface area (Å²) in [5.41, 5.74) is 12.8. The molecule has 1 aliphatic heterocycles. The number of hydrogen-bond donors (Lipinski definition) is 4. The van der Waals surface area contributed by atoms with Crippen molar-refractivity contribution in [3.63, 3.8) is 0 Å². The van der Waals surface area contributed by atoms with Gasteiger partial charge in [0.15, 0.2) is 0 Å². The molecule has 1 aromatic carbocycles. The third kappa shape index (κ3) is 1.80. The van der Waals surface area contributed by atoms with Crippen molar-refractivity contribution in [2.24, 2.45) is 5.73 Å². The molecule has 1 heterocycles. The highest BCUT2D eigenvalue weighted by Gasteiger charge is 2.21. The van der Waals surface area contributed by atoms with Crippen molar-refractivity contribution in [1.82, 2.24) is 10.9 Å². The first-order valence-corrected chi connectivity index (χ1v) is 4.31. The monoisotopic (exact) mass is 179 g/mol. The van der Waals surface area contributed by atoms with Crippen LogP contribution < -0.4 is 16.6 Å². The number of rotatable bonds is 1. The van der Waals surface area contributed by atoms with E-state index in [-0.39, 0.29) is 12.2 Å². The van der Waals surface area contributed by atoms with Crippen LogP contribution in [0, 0.1) is 0 Å². The minimum absolute atomic E-state index is 0.0128. The molecule has 4 nitrogen and oxygen atoms in total. The van der Waals surface area contributed by atoms with Crippen molar-refractivity contribution in [3.05, 3.63) is 29.8 Å². The van der Waals surface area contributed by atoms with Crippen LogP contribution in [-0.4, -0.2) is 11.3 Å². The Morgan fingerprint density at radius 3 is 2.46 bits per heavy atom. The predicted octanol–water partition coefficient (Wildman–Crippen LogP) is 0.216. The first-order valence-electron chi connectivity index (χ1n) is 4.31. The van der Waals surface area contributed by atoms with Gasteiger partial charge in [-0.2, -0.15) is 0 Å². The van der Waals surface area contributed by atoms with Crippen LogP contribution in [0.1, 0.15) is 18.0 Å². The van der Waals surface area contributed by atoms with Gasteiger partial charge in [-0.3, -0.25) is 0 Å². The summed E-state index contributed by atoms with van der Waals surface area (Å²) in [7, 11) is 0. The van der Waals surface area contributed by atoms with Gasteiger partial charge in [-0.15, -0.1) is 0 Å². The molecule has 4 heteroatoms. The fraction of sp³-hybridized carbons (Fsp3) is 0.333. The minimum atomic E-state index is 0.0128. The third-order valence-corrected chi connectivity index (χ3v) is 2.23. The molecule has 0 amide bonds. The molecule has 5 N–H and O–H groups in total. The normalized spacial score (nSPS) is 27.8. The molecule has 1 aromatic rings. The maximum Gasteiger partial charge on any atom is 0.115 e. The van der Waals surface area contributed by atoms with Gasteiger partial charge in [-0.25, -0.2) is 10.9 Å².